The van der Waals surface area contributed by atoms with Crippen molar-refractivity contribution in [1.29, 1.82) is 0 Å². The predicted molar refractivity (Wildman–Crippen MR) is 84.5 cm³/mol. The van der Waals surface area contributed by atoms with Crippen LogP contribution in [0.2, 0.25) is 0 Å². The Bertz CT molecular complexity index is 513. The van der Waals surface area contributed by atoms with Crippen molar-refractivity contribution in [2.45, 2.75) is 11.8 Å². The summed E-state index contributed by atoms with van der Waals surface area (Å²) < 4.78 is 39.3. The summed E-state index contributed by atoms with van der Waals surface area (Å²) in [7, 11) is 0.251. The second kappa shape index (κ2) is 9.91. The van der Waals surface area contributed by atoms with E-state index in [-0.39, 0.29) is 18.1 Å². The van der Waals surface area contributed by atoms with Crippen molar-refractivity contribution < 1.29 is 22.1 Å². The molecule has 0 amide bonds. The molecule has 22 heavy (non-hydrogen) atoms. The average Bonchev–Trinajstić information content (AvgIpc) is 2.45. The number of ether oxygens (including phenoxy) is 2. The minimum absolute atomic E-state index is 0.00604. The van der Waals surface area contributed by atoms with Crippen molar-refractivity contribution in [2.75, 3.05) is 53.7 Å². The van der Waals surface area contributed by atoms with Crippen LogP contribution in [0.15, 0.2) is 29.2 Å². The van der Waals surface area contributed by atoms with E-state index >= 15 is 0 Å². The zero-order chi connectivity index (χ0) is 16.4. The van der Waals surface area contributed by atoms with Gasteiger partial charge in [-0.25, -0.2) is 0 Å². The van der Waals surface area contributed by atoms with Crippen LogP contribution in [0.1, 0.15) is 5.56 Å². The number of hydrogen-bond acceptors (Lipinski definition) is 6. The molecule has 0 saturated heterocycles. The van der Waals surface area contributed by atoms with E-state index in [2.05, 4.69) is 0 Å². The Labute approximate surface area is 133 Å². The molecule has 0 aliphatic rings. The minimum Gasteiger partial charge on any atom is -0.378 e. The van der Waals surface area contributed by atoms with Crippen molar-refractivity contribution in [2.24, 2.45) is 0 Å². The number of benzene rings is 1. The first kappa shape index (κ1) is 19.1. The van der Waals surface area contributed by atoms with Crippen LogP contribution in [0.4, 0.5) is 0 Å². The molecule has 0 aliphatic heterocycles. The topological polar surface area (TPSA) is 65.1 Å². The Morgan fingerprint density at radius 2 is 1.45 bits per heavy atom. The SMILES string of the molecule is Cc1ccc(S(=O)(=O)OCCOCCOCCN(C)C)cc1. The van der Waals surface area contributed by atoms with Crippen LogP contribution in [-0.4, -0.2) is 67.0 Å². The molecule has 0 atom stereocenters. The highest BCUT2D eigenvalue weighted by molar-refractivity contribution is 7.86. The van der Waals surface area contributed by atoms with E-state index < -0.39 is 10.1 Å². The van der Waals surface area contributed by atoms with Gasteiger partial charge >= 0.3 is 0 Å². The summed E-state index contributed by atoms with van der Waals surface area (Å²) >= 11 is 0. The van der Waals surface area contributed by atoms with Crippen LogP contribution in [0.5, 0.6) is 0 Å². The van der Waals surface area contributed by atoms with Gasteiger partial charge in [-0.15, -0.1) is 0 Å². The Morgan fingerprint density at radius 1 is 0.909 bits per heavy atom. The summed E-state index contributed by atoms with van der Waals surface area (Å²) in [5.41, 5.74) is 0.997. The molecule has 1 rings (SSSR count). The Kier molecular flexibility index (Phi) is 8.59. The highest BCUT2D eigenvalue weighted by Crippen LogP contribution is 2.12. The maximum absolute atomic E-state index is 11.9. The molecule has 126 valence electrons. The third-order valence-corrected chi connectivity index (χ3v) is 4.16. The van der Waals surface area contributed by atoms with Crippen LogP contribution in [0.25, 0.3) is 0 Å². The molecule has 0 aliphatic carbocycles. The highest BCUT2D eigenvalue weighted by Gasteiger charge is 2.14. The van der Waals surface area contributed by atoms with E-state index in [1.54, 1.807) is 12.1 Å². The van der Waals surface area contributed by atoms with Gasteiger partial charge in [-0.3, -0.25) is 4.18 Å². The molecule has 0 radical (unpaired) electrons. The first-order chi connectivity index (χ1) is 10.4. The van der Waals surface area contributed by atoms with Gasteiger partial charge in [0.1, 0.15) is 0 Å². The molecule has 0 fully saturated rings. The summed E-state index contributed by atoms with van der Waals surface area (Å²) in [4.78, 5) is 2.19. The molecule has 7 heteroatoms. The van der Waals surface area contributed by atoms with Crippen LogP contribution >= 0.6 is 0 Å². The molecule has 6 nitrogen and oxygen atoms in total. The molecule has 0 bridgehead atoms. The molecule has 0 N–H and O–H groups in total. The zero-order valence-electron chi connectivity index (χ0n) is 13.4. The van der Waals surface area contributed by atoms with Crippen LogP contribution in [0.3, 0.4) is 0 Å². The first-order valence-corrected chi connectivity index (χ1v) is 8.59. The summed E-state index contributed by atoms with van der Waals surface area (Å²) in [5.74, 6) is 0. The van der Waals surface area contributed by atoms with Gasteiger partial charge in [-0.2, -0.15) is 8.42 Å². The van der Waals surface area contributed by atoms with Crippen molar-refractivity contribution in [3.63, 3.8) is 0 Å². The van der Waals surface area contributed by atoms with E-state index in [0.717, 1.165) is 12.1 Å². The normalized spacial score (nSPS) is 12.0. The molecule has 0 unspecified atom stereocenters. The molecule has 0 spiro atoms. The molecular weight excluding hydrogens is 306 g/mol. The van der Waals surface area contributed by atoms with E-state index in [1.807, 2.05) is 25.9 Å². The molecule has 0 aromatic heterocycles. The lowest BCUT2D eigenvalue weighted by atomic mass is 10.2. The zero-order valence-corrected chi connectivity index (χ0v) is 14.3. The van der Waals surface area contributed by atoms with Crippen molar-refractivity contribution >= 4 is 10.1 Å². The summed E-state index contributed by atoms with van der Waals surface area (Å²) in [6.07, 6.45) is 0. The quantitative estimate of drug-likeness (QED) is 0.450. The van der Waals surface area contributed by atoms with Crippen LogP contribution in [-0.2, 0) is 23.8 Å². The second-order valence-corrected chi connectivity index (χ2v) is 6.73. The summed E-state index contributed by atoms with van der Waals surface area (Å²) in [5, 5.41) is 0. The fraction of sp³-hybridized carbons (Fsp3) is 0.600. The average molecular weight is 331 g/mol. The molecule has 0 heterocycles. The van der Waals surface area contributed by atoms with Gasteiger partial charge < -0.3 is 14.4 Å². The maximum atomic E-state index is 11.9. The number of nitrogens with zero attached hydrogens (tertiary/aromatic N) is 1. The van der Waals surface area contributed by atoms with Gasteiger partial charge in [0.25, 0.3) is 10.1 Å². The summed E-state index contributed by atoms with van der Waals surface area (Å²) in [6, 6.07) is 6.53. The van der Waals surface area contributed by atoms with E-state index in [4.69, 9.17) is 13.7 Å². The third kappa shape index (κ3) is 7.86. The fourth-order valence-corrected chi connectivity index (χ4v) is 2.44. The lowest BCUT2D eigenvalue weighted by molar-refractivity contribution is 0.0331. The Morgan fingerprint density at radius 3 is 2.05 bits per heavy atom. The van der Waals surface area contributed by atoms with Crippen molar-refractivity contribution in [3.8, 4) is 0 Å². The van der Waals surface area contributed by atoms with Crippen LogP contribution < -0.4 is 0 Å². The maximum Gasteiger partial charge on any atom is 0.297 e. The molecule has 0 saturated carbocycles. The van der Waals surface area contributed by atoms with Crippen molar-refractivity contribution in [3.05, 3.63) is 29.8 Å². The second-order valence-electron chi connectivity index (χ2n) is 5.12. The standard InChI is InChI=1S/C15H25NO5S/c1-14-4-6-15(7-5-14)22(17,18)21-13-12-20-11-10-19-9-8-16(2)3/h4-7H,8-13H2,1-3H3. The van der Waals surface area contributed by atoms with Gasteiger partial charge in [-0.1, -0.05) is 17.7 Å². The molecule has 1 aromatic carbocycles. The van der Waals surface area contributed by atoms with Gasteiger partial charge in [0, 0.05) is 6.54 Å². The highest BCUT2D eigenvalue weighted by atomic mass is 32.2. The van der Waals surface area contributed by atoms with Crippen molar-refractivity contribution in [1.82, 2.24) is 4.90 Å². The van der Waals surface area contributed by atoms with E-state index in [0.29, 0.717) is 19.8 Å². The predicted octanol–water partition coefficient (Wildman–Crippen LogP) is 1.30. The fourth-order valence-electron chi connectivity index (χ4n) is 1.54. The minimum atomic E-state index is -3.70. The van der Waals surface area contributed by atoms with E-state index in [9.17, 15) is 8.42 Å². The van der Waals surface area contributed by atoms with Gasteiger partial charge in [-0.05, 0) is 33.2 Å². The van der Waals surface area contributed by atoms with Crippen LogP contribution in [0, 0.1) is 6.92 Å². The molecule has 1 aromatic rings. The monoisotopic (exact) mass is 331 g/mol. The van der Waals surface area contributed by atoms with E-state index in [1.165, 1.54) is 12.1 Å². The Hall–Kier alpha value is -0.990. The largest absolute Gasteiger partial charge is 0.378 e. The lowest BCUT2D eigenvalue weighted by Crippen LogP contribution is -2.19. The van der Waals surface area contributed by atoms with Gasteiger partial charge in [0.2, 0.25) is 0 Å². The summed E-state index contributed by atoms with van der Waals surface area (Å²) in [6.45, 7) is 4.51. The van der Waals surface area contributed by atoms with Gasteiger partial charge in [0.15, 0.2) is 0 Å². The smallest absolute Gasteiger partial charge is 0.297 e. The number of aryl methyl sites for hydroxylation is 1. The lowest BCUT2D eigenvalue weighted by Gasteiger charge is -2.10. The Balaban J connectivity index is 2.12. The number of rotatable bonds is 11. The first-order valence-electron chi connectivity index (χ1n) is 7.18. The third-order valence-electron chi connectivity index (χ3n) is 2.83. The number of hydrogen-bond donors (Lipinski definition) is 0. The van der Waals surface area contributed by atoms with Gasteiger partial charge in [0.05, 0.1) is 37.9 Å². The molecular formula is C15H25NO5S. The number of likely N-dealkylation sites (N-methyl/N-ethyl adjacent to an activating group) is 1.